The van der Waals surface area contributed by atoms with Gasteiger partial charge in [0.2, 0.25) is 0 Å². The van der Waals surface area contributed by atoms with Gasteiger partial charge < -0.3 is 14.6 Å². The van der Waals surface area contributed by atoms with Gasteiger partial charge in [-0.2, -0.15) is 0 Å². The molecule has 2 heterocycles. The lowest BCUT2D eigenvalue weighted by Gasteiger charge is -2.12. The van der Waals surface area contributed by atoms with Gasteiger partial charge in [-0.1, -0.05) is 0 Å². The molecule has 0 bridgehead atoms. The molecule has 0 aromatic carbocycles. The molecule has 0 saturated carbocycles. The van der Waals surface area contributed by atoms with E-state index in [1.165, 1.54) is 18.4 Å². The Morgan fingerprint density at radius 3 is 3.00 bits per heavy atom. The average Bonchev–Trinajstić information content (AvgIpc) is 2.87. The summed E-state index contributed by atoms with van der Waals surface area (Å²) >= 11 is 0. The fourth-order valence-electron chi connectivity index (χ4n) is 2.25. The summed E-state index contributed by atoms with van der Waals surface area (Å²) in [5.41, 5.74) is 1.34. The van der Waals surface area contributed by atoms with Gasteiger partial charge in [0.15, 0.2) is 0 Å². The molecule has 2 rings (SSSR count). The van der Waals surface area contributed by atoms with Crippen LogP contribution in [0.1, 0.15) is 38.3 Å². The first-order valence-corrected chi connectivity index (χ1v) is 6.17. The molecule has 1 aliphatic rings. The third kappa shape index (κ3) is 2.66. The van der Waals surface area contributed by atoms with Crippen molar-refractivity contribution in [2.45, 2.75) is 51.5 Å². The van der Waals surface area contributed by atoms with Gasteiger partial charge in [-0.15, -0.1) is 0 Å². The van der Waals surface area contributed by atoms with E-state index in [1.807, 2.05) is 7.05 Å². The zero-order chi connectivity index (χ0) is 11.5. The summed E-state index contributed by atoms with van der Waals surface area (Å²) in [5.74, 6) is 0. The van der Waals surface area contributed by atoms with Gasteiger partial charge in [0.25, 0.3) is 0 Å². The van der Waals surface area contributed by atoms with Crippen LogP contribution in [0, 0.1) is 0 Å². The van der Waals surface area contributed by atoms with Crippen LogP contribution in [0.15, 0.2) is 18.5 Å². The third-order valence-corrected chi connectivity index (χ3v) is 3.44. The standard InChI is InChI=1S/C13H22N2O/c1-10-4-5-13(16-10)9-15-7-6-12(8-15)11(2)14-3/h6-8,10-11,13-14H,4-5,9H2,1-3H3. The molecule has 90 valence electrons. The van der Waals surface area contributed by atoms with E-state index in [0.717, 1.165) is 6.54 Å². The number of rotatable bonds is 4. The second-order valence-electron chi connectivity index (χ2n) is 4.80. The van der Waals surface area contributed by atoms with Crippen molar-refractivity contribution in [1.82, 2.24) is 9.88 Å². The molecular weight excluding hydrogens is 200 g/mol. The number of aromatic nitrogens is 1. The van der Waals surface area contributed by atoms with Gasteiger partial charge in [-0.25, -0.2) is 0 Å². The molecule has 1 saturated heterocycles. The Kier molecular flexibility index (Phi) is 3.66. The summed E-state index contributed by atoms with van der Waals surface area (Å²) in [4.78, 5) is 0. The predicted octanol–water partition coefficient (Wildman–Crippen LogP) is 2.34. The molecule has 0 amide bonds. The lowest BCUT2D eigenvalue weighted by atomic mass is 10.2. The molecule has 0 aliphatic carbocycles. The van der Waals surface area contributed by atoms with E-state index < -0.39 is 0 Å². The quantitative estimate of drug-likeness (QED) is 0.846. The van der Waals surface area contributed by atoms with Crippen LogP contribution < -0.4 is 5.32 Å². The Balaban J connectivity index is 1.92. The smallest absolute Gasteiger partial charge is 0.0758 e. The maximum absolute atomic E-state index is 5.82. The highest BCUT2D eigenvalue weighted by Crippen LogP contribution is 2.21. The minimum Gasteiger partial charge on any atom is -0.373 e. The second-order valence-corrected chi connectivity index (χ2v) is 4.80. The maximum Gasteiger partial charge on any atom is 0.0758 e. The Morgan fingerprint density at radius 2 is 2.38 bits per heavy atom. The molecule has 3 nitrogen and oxygen atoms in total. The van der Waals surface area contributed by atoms with E-state index in [9.17, 15) is 0 Å². The number of nitrogens with one attached hydrogen (secondary N) is 1. The highest BCUT2D eigenvalue weighted by atomic mass is 16.5. The summed E-state index contributed by atoms with van der Waals surface area (Å²) in [5, 5.41) is 3.25. The summed E-state index contributed by atoms with van der Waals surface area (Å²) < 4.78 is 8.07. The van der Waals surface area contributed by atoms with Crippen LogP contribution in [0.4, 0.5) is 0 Å². The van der Waals surface area contributed by atoms with Gasteiger partial charge in [0, 0.05) is 25.0 Å². The number of hydrogen-bond donors (Lipinski definition) is 1. The highest BCUT2D eigenvalue weighted by molar-refractivity contribution is 5.14. The normalized spacial score (nSPS) is 27.2. The van der Waals surface area contributed by atoms with E-state index in [1.54, 1.807) is 0 Å². The average molecular weight is 222 g/mol. The first-order chi connectivity index (χ1) is 7.69. The van der Waals surface area contributed by atoms with Crippen molar-refractivity contribution >= 4 is 0 Å². The van der Waals surface area contributed by atoms with Gasteiger partial charge in [0.1, 0.15) is 0 Å². The SMILES string of the molecule is CNC(C)c1ccn(CC2CCC(C)O2)c1. The molecule has 16 heavy (non-hydrogen) atoms. The van der Waals surface area contributed by atoms with Crippen LogP contribution in [0.2, 0.25) is 0 Å². The molecule has 1 aromatic rings. The van der Waals surface area contributed by atoms with Crippen LogP contribution >= 0.6 is 0 Å². The topological polar surface area (TPSA) is 26.2 Å². The van der Waals surface area contributed by atoms with Crippen molar-refractivity contribution in [3.8, 4) is 0 Å². The molecule has 3 atom stereocenters. The van der Waals surface area contributed by atoms with Gasteiger partial charge in [-0.05, 0) is 45.4 Å². The number of ether oxygens (including phenoxy) is 1. The van der Waals surface area contributed by atoms with Gasteiger partial charge in [0.05, 0.1) is 12.2 Å². The molecule has 1 aliphatic heterocycles. The molecule has 0 radical (unpaired) electrons. The molecule has 1 N–H and O–H groups in total. The zero-order valence-electron chi connectivity index (χ0n) is 10.4. The monoisotopic (exact) mass is 222 g/mol. The molecule has 3 unspecified atom stereocenters. The van der Waals surface area contributed by atoms with Crippen LogP contribution in [0.5, 0.6) is 0 Å². The summed E-state index contributed by atoms with van der Waals surface area (Å²) in [7, 11) is 1.99. The van der Waals surface area contributed by atoms with Crippen LogP contribution in [-0.4, -0.2) is 23.8 Å². The predicted molar refractivity (Wildman–Crippen MR) is 65.5 cm³/mol. The summed E-state index contributed by atoms with van der Waals surface area (Å²) in [6.45, 7) is 5.32. The van der Waals surface area contributed by atoms with Crippen molar-refractivity contribution < 1.29 is 4.74 Å². The lowest BCUT2D eigenvalue weighted by Crippen LogP contribution is -2.16. The summed E-state index contributed by atoms with van der Waals surface area (Å²) in [6.07, 6.45) is 7.60. The zero-order valence-corrected chi connectivity index (χ0v) is 10.4. The van der Waals surface area contributed by atoms with E-state index in [4.69, 9.17) is 4.74 Å². The molecule has 3 heteroatoms. The Bertz CT molecular complexity index is 334. The van der Waals surface area contributed by atoms with Crippen molar-refractivity contribution in [3.05, 3.63) is 24.0 Å². The fourth-order valence-corrected chi connectivity index (χ4v) is 2.25. The van der Waals surface area contributed by atoms with Crippen LogP contribution in [-0.2, 0) is 11.3 Å². The molecule has 0 spiro atoms. The van der Waals surface area contributed by atoms with Crippen molar-refractivity contribution in [2.24, 2.45) is 0 Å². The van der Waals surface area contributed by atoms with Crippen LogP contribution in [0.25, 0.3) is 0 Å². The fraction of sp³-hybridized carbons (Fsp3) is 0.692. The Labute approximate surface area is 97.8 Å². The van der Waals surface area contributed by atoms with E-state index in [2.05, 4.69) is 42.2 Å². The van der Waals surface area contributed by atoms with E-state index >= 15 is 0 Å². The highest BCUT2D eigenvalue weighted by Gasteiger charge is 2.21. The van der Waals surface area contributed by atoms with Crippen molar-refractivity contribution in [2.75, 3.05) is 7.05 Å². The number of hydrogen-bond acceptors (Lipinski definition) is 2. The Hall–Kier alpha value is -0.800. The van der Waals surface area contributed by atoms with Crippen LogP contribution in [0.3, 0.4) is 0 Å². The molecule has 1 aromatic heterocycles. The first-order valence-electron chi connectivity index (χ1n) is 6.17. The lowest BCUT2D eigenvalue weighted by molar-refractivity contribution is 0.0458. The molecule has 1 fully saturated rings. The van der Waals surface area contributed by atoms with Crippen molar-refractivity contribution in [3.63, 3.8) is 0 Å². The van der Waals surface area contributed by atoms with E-state index in [0.29, 0.717) is 18.2 Å². The minimum absolute atomic E-state index is 0.403. The first kappa shape index (κ1) is 11.7. The largest absolute Gasteiger partial charge is 0.373 e. The van der Waals surface area contributed by atoms with Crippen molar-refractivity contribution in [1.29, 1.82) is 0 Å². The molecular formula is C13H22N2O. The summed E-state index contributed by atoms with van der Waals surface area (Å²) in [6, 6.07) is 2.60. The second kappa shape index (κ2) is 5.02. The number of nitrogens with zero attached hydrogens (tertiary/aromatic N) is 1. The minimum atomic E-state index is 0.403. The van der Waals surface area contributed by atoms with Gasteiger partial charge >= 0.3 is 0 Å². The van der Waals surface area contributed by atoms with Gasteiger partial charge in [-0.3, -0.25) is 0 Å². The third-order valence-electron chi connectivity index (χ3n) is 3.44. The van der Waals surface area contributed by atoms with E-state index in [-0.39, 0.29) is 0 Å². The Morgan fingerprint density at radius 1 is 1.56 bits per heavy atom. The maximum atomic E-state index is 5.82.